The van der Waals surface area contributed by atoms with Crippen molar-refractivity contribution in [3.8, 4) is 0 Å². The zero-order chi connectivity index (χ0) is 10.5. The zero-order valence-corrected chi connectivity index (χ0v) is 9.04. The Hall–Kier alpha value is -1.05. The molecule has 0 radical (unpaired) electrons. The summed E-state index contributed by atoms with van der Waals surface area (Å²) >= 11 is 0. The Labute approximate surface area is 89.9 Å². The summed E-state index contributed by atoms with van der Waals surface area (Å²) in [4.78, 5) is 2.17. The largest absolute Gasteiger partial charge is 0.368 e. The minimum Gasteiger partial charge on any atom is -0.368 e. The lowest BCUT2D eigenvalue weighted by Crippen LogP contribution is -2.62. The third-order valence-corrected chi connectivity index (χ3v) is 3.81. The van der Waals surface area contributed by atoms with Gasteiger partial charge in [0.2, 0.25) is 0 Å². The summed E-state index contributed by atoms with van der Waals surface area (Å²) in [6, 6.07) is 7.08. The van der Waals surface area contributed by atoms with Crippen molar-refractivity contribution in [1.82, 2.24) is 0 Å². The van der Waals surface area contributed by atoms with Crippen molar-refractivity contribution in [3.63, 3.8) is 0 Å². The highest BCUT2D eigenvalue weighted by molar-refractivity contribution is 5.51. The minimum atomic E-state index is -0.0836. The van der Waals surface area contributed by atoms with Crippen LogP contribution in [0, 0.1) is 17.2 Å². The first-order valence-corrected chi connectivity index (χ1v) is 5.68. The molecule has 1 nitrogen and oxygen atoms in total. The Morgan fingerprint density at radius 1 is 1.27 bits per heavy atom. The Bertz CT molecular complexity index is 374. The molecule has 15 heavy (non-hydrogen) atoms. The van der Waals surface area contributed by atoms with Crippen molar-refractivity contribution in [3.05, 3.63) is 30.1 Å². The molecular weight excluding hydrogens is 189 g/mol. The third kappa shape index (κ3) is 1.35. The van der Waals surface area contributed by atoms with Crippen LogP contribution in [0.4, 0.5) is 10.1 Å². The Morgan fingerprint density at radius 2 is 1.93 bits per heavy atom. The quantitative estimate of drug-likeness (QED) is 0.681. The molecule has 1 aliphatic carbocycles. The van der Waals surface area contributed by atoms with Gasteiger partial charge in [-0.2, -0.15) is 0 Å². The van der Waals surface area contributed by atoms with Crippen molar-refractivity contribution in [2.45, 2.75) is 19.8 Å². The Balaban J connectivity index is 1.70. The van der Waals surface area contributed by atoms with Gasteiger partial charge >= 0.3 is 0 Å². The van der Waals surface area contributed by atoms with Crippen LogP contribution in [0.3, 0.4) is 0 Å². The highest BCUT2D eigenvalue weighted by atomic mass is 19.1. The number of rotatable bonds is 1. The molecule has 1 spiro atoms. The molecule has 1 aliphatic heterocycles. The molecule has 0 atom stereocenters. The molecule has 2 fully saturated rings. The van der Waals surface area contributed by atoms with E-state index in [-0.39, 0.29) is 5.82 Å². The molecule has 0 aromatic heterocycles. The van der Waals surface area contributed by atoms with Crippen LogP contribution in [0.25, 0.3) is 0 Å². The van der Waals surface area contributed by atoms with Gasteiger partial charge < -0.3 is 4.90 Å². The van der Waals surface area contributed by atoms with Gasteiger partial charge in [-0.1, -0.05) is 19.1 Å². The normalized spacial score (nSPS) is 23.7. The first-order chi connectivity index (χ1) is 7.19. The van der Waals surface area contributed by atoms with Crippen LogP contribution in [-0.4, -0.2) is 13.1 Å². The second-order valence-corrected chi connectivity index (χ2v) is 5.32. The van der Waals surface area contributed by atoms with Gasteiger partial charge in [-0.15, -0.1) is 0 Å². The molecule has 0 amide bonds. The van der Waals surface area contributed by atoms with Crippen molar-refractivity contribution in [1.29, 1.82) is 0 Å². The van der Waals surface area contributed by atoms with Crippen LogP contribution in [0.1, 0.15) is 19.8 Å². The van der Waals surface area contributed by atoms with Crippen molar-refractivity contribution >= 4 is 5.69 Å². The van der Waals surface area contributed by atoms with Gasteiger partial charge in [0.15, 0.2) is 0 Å². The highest BCUT2D eigenvalue weighted by Crippen LogP contribution is 2.52. The second-order valence-electron chi connectivity index (χ2n) is 5.32. The summed E-state index contributed by atoms with van der Waals surface area (Å²) in [7, 11) is 0. The van der Waals surface area contributed by atoms with Crippen LogP contribution < -0.4 is 4.90 Å². The molecule has 3 rings (SSSR count). The van der Waals surface area contributed by atoms with Gasteiger partial charge in [-0.3, -0.25) is 0 Å². The van der Waals surface area contributed by atoms with Crippen LogP contribution in [-0.2, 0) is 0 Å². The molecule has 1 aromatic rings. The summed E-state index contributed by atoms with van der Waals surface area (Å²) in [5.41, 5.74) is 1.32. The lowest BCUT2D eigenvalue weighted by atomic mass is 9.58. The van der Waals surface area contributed by atoms with Gasteiger partial charge in [0, 0.05) is 18.5 Å². The van der Waals surface area contributed by atoms with Crippen molar-refractivity contribution in [2.75, 3.05) is 18.0 Å². The van der Waals surface area contributed by atoms with E-state index in [1.807, 2.05) is 12.1 Å². The van der Waals surface area contributed by atoms with E-state index in [0.717, 1.165) is 24.7 Å². The van der Waals surface area contributed by atoms with Gasteiger partial charge in [-0.25, -0.2) is 4.39 Å². The molecule has 1 saturated carbocycles. The molecular formula is C13H16FN. The van der Waals surface area contributed by atoms with Gasteiger partial charge in [0.05, 0.1) is 5.69 Å². The van der Waals surface area contributed by atoms with Crippen molar-refractivity contribution < 1.29 is 4.39 Å². The number of halogens is 1. The van der Waals surface area contributed by atoms with E-state index < -0.39 is 0 Å². The van der Waals surface area contributed by atoms with Gasteiger partial charge in [-0.05, 0) is 30.9 Å². The standard InChI is InChI=1S/C13H16FN/c1-10-6-13(7-10)8-15(9-13)12-5-3-2-4-11(12)14/h2-5,10H,6-9H2,1H3. The summed E-state index contributed by atoms with van der Waals surface area (Å²) < 4.78 is 13.5. The SMILES string of the molecule is CC1CC2(C1)CN(c1ccccc1F)C2. The van der Waals surface area contributed by atoms with Crippen LogP contribution in [0.5, 0.6) is 0 Å². The summed E-state index contributed by atoms with van der Waals surface area (Å²) in [5.74, 6) is 0.799. The van der Waals surface area contributed by atoms with E-state index >= 15 is 0 Å². The summed E-state index contributed by atoms with van der Waals surface area (Å²) in [6.07, 6.45) is 2.66. The van der Waals surface area contributed by atoms with Crippen LogP contribution in [0.2, 0.25) is 0 Å². The fourth-order valence-electron chi connectivity index (χ4n) is 3.32. The maximum atomic E-state index is 13.5. The van der Waals surface area contributed by atoms with E-state index in [4.69, 9.17) is 0 Å². The first-order valence-electron chi connectivity index (χ1n) is 5.68. The number of hydrogen-bond acceptors (Lipinski definition) is 1. The topological polar surface area (TPSA) is 3.24 Å². The monoisotopic (exact) mass is 205 g/mol. The maximum absolute atomic E-state index is 13.5. The van der Waals surface area contributed by atoms with Crippen LogP contribution >= 0.6 is 0 Å². The fraction of sp³-hybridized carbons (Fsp3) is 0.538. The Morgan fingerprint density at radius 3 is 2.53 bits per heavy atom. The molecule has 1 aromatic carbocycles. The average molecular weight is 205 g/mol. The third-order valence-electron chi connectivity index (χ3n) is 3.81. The number of para-hydroxylation sites is 1. The minimum absolute atomic E-state index is 0.0836. The number of hydrogen-bond donors (Lipinski definition) is 0. The van der Waals surface area contributed by atoms with E-state index in [9.17, 15) is 4.39 Å². The lowest BCUT2D eigenvalue weighted by Gasteiger charge is -2.59. The number of nitrogens with zero attached hydrogens (tertiary/aromatic N) is 1. The van der Waals surface area contributed by atoms with E-state index in [0.29, 0.717) is 5.41 Å². The van der Waals surface area contributed by atoms with Crippen LogP contribution in [0.15, 0.2) is 24.3 Å². The fourth-order valence-corrected chi connectivity index (χ4v) is 3.32. The Kier molecular flexibility index (Phi) is 1.82. The zero-order valence-electron chi connectivity index (χ0n) is 9.04. The predicted octanol–water partition coefficient (Wildman–Crippen LogP) is 3.06. The first kappa shape index (κ1) is 9.20. The summed E-state index contributed by atoms with van der Waals surface area (Å²) in [5, 5.41) is 0. The predicted molar refractivity (Wildman–Crippen MR) is 59.4 cm³/mol. The second kappa shape index (κ2) is 2.97. The van der Waals surface area contributed by atoms with Crippen molar-refractivity contribution in [2.24, 2.45) is 11.3 Å². The molecule has 0 N–H and O–H groups in total. The van der Waals surface area contributed by atoms with E-state index in [1.54, 1.807) is 12.1 Å². The molecule has 2 heteroatoms. The molecule has 1 heterocycles. The molecule has 0 unspecified atom stereocenters. The number of benzene rings is 1. The molecule has 80 valence electrons. The molecule has 1 saturated heterocycles. The average Bonchev–Trinajstić information content (AvgIpc) is 2.10. The maximum Gasteiger partial charge on any atom is 0.146 e. The highest BCUT2D eigenvalue weighted by Gasteiger charge is 2.50. The van der Waals surface area contributed by atoms with E-state index in [2.05, 4.69) is 11.8 Å². The number of anilines is 1. The molecule has 0 bridgehead atoms. The summed E-state index contributed by atoms with van der Waals surface area (Å²) in [6.45, 7) is 4.41. The smallest absolute Gasteiger partial charge is 0.146 e. The van der Waals surface area contributed by atoms with E-state index in [1.165, 1.54) is 12.8 Å². The van der Waals surface area contributed by atoms with Gasteiger partial charge in [0.1, 0.15) is 5.82 Å². The van der Waals surface area contributed by atoms with Gasteiger partial charge in [0.25, 0.3) is 0 Å². The molecule has 2 aliphatic rings. The lowest BCUT2D eigenvalue weighted by molar-refractivity contribution is 0.0333.